The number of rotatable bonds is 4. The Morgan fingerprint density at radius 1 is 0.444 bits per heavy atom. The number of hydrogen-bond donors (Lipinski definition) is 0. The highest BCUT2D eigenvalue weighted by Crippen LogP contribution is 2.64. The van der Waals surface area contributed by atoms with Gasteiger partial charge in [-0.25, -0.2) is 0 Å². The van der Waals surface area contributed by atoms with Gasteiger partial charge in [0.05, 0.1) is 23.0 Å². The first-order chi connectivity index (χ1) is 22.2. The lowest BCUT2D eigenvalue weighted by Crippen LogP contribution is -2.25. The van der Waals surface area contributed by atoms with E-state index in [4.69, 9.17) is 16.6 Å². The van der Waals surface area contributed by atoms with E-state index in [1.807, 2.05) is 18.3 Å². The molecule has 0 aliphatic heterocycles. The van der Waals surface area contributed by atoms with Gasteiger partial charge in [-0.15, -0.1) is 0 Å². The van der Waals surface area contributed by atoms with Gasteiger partial charge in [0.1, 0.15) is 0 Å². The lowest BCUT2D eigenvalue weighted by Gasteiger charge is -2.30. The molecule has 0 unspecified atom stereocenters. The van der Waals surface area contributed by atoms with Crippen LogP contribution >= 0.6 is 11.6 Å². The van der Waals surface area contributed by atoms with E-state index in [1.54, 1.807) is 0 Å². The van der Waals surface area contributed by atoms with Gasteiger partial charge in [0.15, 0.2) is 0 Å². The molecule has 0 radical (unpaired) electrons. The first-order valence-corrected chi connectivity index (χ1v) is 15.6. The van der Waals surface area contributed by atoms with Gasteiger partial charge in [0, 0.05) is 22.0 Å². The normalized spacial score (nSPS) is 13.2. The molecule has 0 amide bonds. The molecule has 212 valence electrons. The number of fused-ring (bicyclic) bond motifs is 10. The monoisotopic (exact) mass is 594 g/mol. The smallest absolute Gasteiger partial charge is 0.0726 e. The molecule has 1 heterocycles. The summed E-state index contributed by atoms with van der Waals surface area (Å²) in [6, 6.07) is 55.9. The largest absolute Gasteiger partial charge is 0.309 e. The highest BCUT2D eigenvalue weighted by molar-refractivity contribution is 6.31. The van der Waals surface area contributed by atoms with Crippen LogP contribution in [-0.2, 0) is 5.41 Å². The summed E-state index contributed by atoms with van der Waals surface area (Å²) in [6.07, 6.45) is 1.97. The quantitative estimate of drug-likeness (QED) is 0.201. The van der Waals surface area contributed by atoms with Crippen molar-refractivity contribution in [3.8, 4) is 33.5 Å². The summed E-state index contributed by atoms with van der Waals surface area (Å²) < 4.78 is 0. The van der Waals surface area contributed by atoms with Gasteiger partial charge in [-0.1, -0.05) is 121 Å². The maximum Gasteiger partial charge on any atom is 0.0726 e. The summed E-state index contributed by atoms with van der Waals surface area (Å²) in [5.41, 5.74) is 14.7. The van der Waals surface area contributed by atoms with Crippen LogP contribution in [0.5, 0.6) is 0 Å². The van der Waals surface area contributed by atoms with E-state index in [-0.39, 0.29) is 0 Å². The van der Waals surface area contributed by atoms with Gasteiger partial charge in [0.25, 0.3) is 0 Å². The van der Waals surface area contributed by atoms with Crippen molar-refractivity contribution >= 4 is 28.7 Å². The Labute approximate surface area is 267 Å². The third-order valence-electron chi connectivity index (χ3n) is 9.37. The van der Waals surface area contributed by atoms with Crippen molar-refractivity contribution in [2.24, 2.45) is 0 Å². The van der Waals surface area contributed by atoms with Crippen molar-refractivity contribution in [3.05, 3.63) is 191 Å². The van der Waals surface area contributed by atoms with Crippen LogP contribution in [0.3, 0.4) is 0 Å². The Morgan fingerprint density at radius 3 is 1.51 bits per heavy atom. The standard InChI is InChI=1S/C42H27ClN2/c43-28-25-35(40-24-23-31(27-44-40)45(29-13-3-1-4-14-29)30-15-5-2-6-16-30)41-34-19-9-12-22-38(34)42(39(41)26-28)36-20-10-7-17-32(36)33-18-8-11-21-37(33)42/h1-27H. The van der Waals surface area contributed by atoms with Crippen LogP contribution in [-0.4, -0.2) is 4.98 Å². The lowest BCUT2D eigenvalue weighted by atomic mass is 9.70. The Hall–Kier alpha value is -5.44. The number of aromatic nitrogens is 1. The van der Waals surface area contributed by atoms with Crippen molar-refractivity contribution in [1.29, 1.82) is 0 Å². The highest BCUT2D eigenvalue weighted by Gasteiger charge is 2.52. The minimum atomic E-state index is -0.448. The number of hydrogen-bond acceptors (Lipinski definition) is 2. The molecule has 9 rings (SSSR count). The summed E-state index contributed by atoms with van der Waals surface area (Å²) in [6.45, 7) is 0. The molecule has 2 aliphatic carbocycles. The van der Waals surface area contributed by atoms with E-state index in [9.17, 15) is 0 Å². The first-order valence-electron chi connectivity index (χ1n) is 15.2. The minimum Gasteiger partial charge on any atom is -0.309 e. The van der Waals surface area contributed by atoms with E-state index in [2.05, 4.69) is 150 Å². The van der Waals surface area contributed by atoms with Gasteiger partial charge in [-0.3, -0.25) is 4.98 Å². The van der Waals surface area contributed by atoms with Gasteiger partial charge in [-0.2, -0.15) is 0 Å². The van der Waals surface area contributed by atoms with Crippen molar-refractivity contribution in [3.63, 3.8) is 0 Å². The molecule has 2 aliphatic rings. The van der Waals surface area contributed by atoms with E-state index >= 15 is 0 Å². The summed E-state index contributed by atoms with van der Waals surface area (Å²) >= 11 is 7.04. The molecule has 0 saturated carbocycles. The summed E-state index contributed by atoms with van der Waals surface area (Å²) in [5.74, 6) is 0. The zero-order valence-corrected chi connectivity index (χ0v) is 25.1. The maximum absolute atomic E-state index is 7.04. The number of anilines is 3. The third-order valence-corrected chi connectivity index (χ3v) is 9.59. The molecule has 7 aromatic rings. The van der Waals surface area contributed by atoms with Crippen LogP contribution in [0.1, 0.15) is 22.3 Å². The molecular weight excluding hydrogens is 568 g/mol. The second-order valence-corrected chi connectivity index (χ2v) is 12.1. The van der Waals surface area contributed by atoms with Crippen LogP contribution in [0.4, 0.5) is 17.1 Å². The van der Waals surface area contributed by atoms with Crippen molar-refractivity contribution < 1.29 is 0 Å². The third kappa shape index (κ3) is 3.73. The predicted octanol–water partition coefficient (Wildman–Crippen LogP) is 11.2. The first kappa shape index (κ1) is 26.0. The van der Waals surface area contributed by atoms with Gasteiger partial charge < -0.3 is 4.90 Å². The Bertz CT molecular complexity index is 2140. The van der Waals surface area contributed by atoms with Crippen LogP contribution in [0.2, 0.25) is 5.02 Å². The van der Waals surface area contributed by atoms with Crippen molar-refractivity contribution in [1.82, 2.24) is 4.98 Å². The molecule has 3 heteroatoms. The molecule has 1 spiro atoms. The minimum absolute atomic E-state index is 0.448. The van der Waals surface area contributed by atoms with Gasteiger partial charge in [0.2, 0.25) is 0 Å². The Kier molecular flexibility index (Phi) is 5.81. The molecule has 0 atom stereocenters. The van der Waals surface area contributed by atoms with Crippen molar-refractivity contribution in [2.75, 3.05) is 4.90 Å². The fraction of sp³-hybridized carbons (Fsp3) is 0.0238. The number of benzene rings is 6. The second-order valence-electron chi connectivity index (χ2n) is 11.7. The summed E-state index contributed by atoms with van der Waals surface area (Å²) in [4.78, 5) is 7.35. The molecular formula is C42H27ClN2. The highest BCUT2D eigenvalue weighted by atomic mass is 35.5. The fourth-order valence-corrected chi connectivity index (χ4v) is 7.88. The van der Waals surface area contributed by atoms with Crippen LogP contribution in [0.25, 0.3) is 33.5 Å². The van der Waals surface area contributed by atoms with Crippen LogP contribution < -0.4 is 4.90 Å². The average molecular weight is 595 g/mol. The summed E-state index contributed by atoms with van der Waals surface area (Å²) in [5, 5.41) is 0.707. The van der Waals surface area contributed by atoms with E-state index in [0.717, 1.165) is 28.3 Å². The zero-order chi connectivity index (χ0) is 30.0. The topological polar surface area (TPSA) is 16.1 Å². The van der Waals surface area contributed by atoms with E-state index in [1.165, 1.54) is 44.5 Å². The fourth-order valence-electron chi connectivity index (χ4n) is 7.66. The van der Waals surface area contributed by atoms with Crippen molar-refractivity contribution in [2.45, 2.75) is 5.41 Å². The number of nitrogens with zero attached hydrogens (tertiary/aromatic N) is 2. The molecule has 0 saturated heterocycles. The van der Waals surface area contributed by atoms with Gasteiger partial charge in [-0.05, 0) is 93.0 Å². The molecule has 0 fully saturated rings. The SMILES string of the molecule is Clc1cc(-c2ccc(N(c3ccccc3)c3ccccc3)cn2)c2c(c1)C1(c3ccccc3-c3ccccc31)c1ccccc1-2. The molecule has 6 aromatic carbocycles. The zero-order valence-electron chi connectivity index (χ0n) is 24.4. The Balaban J connectivity index is 1.26. The number of para-hydroxylation sites is 2. The maximum atomic E-state index is 7.04. The molecule has 0 N–H and O–H groups in total. The molecule has 0 bridgehead atoms. The van der Waals surface area contributed by atoms with Crippen LogP contribution in [0, 0.1) is 0 Å². The Morgan fingerprint density at radius 2 is 0.956 bits per heavy atom. The molecule has 45 heavy (non-hydrogen) atoms. The number of halogens is 1. The number of pyridine rings is 1. The molecule has 2 nitrogen and oxygen atoms in total. The molecule has 1 aromatic heterocycles. The van der Waals surface area contributed by atoms with E-state index < -0.39 is 5.41 Å². The van der Waals surface area contributed by atoms with Gasteiger partial charge >= 0.3 is 0 Å². The average Bonchev–Trinajstić information content (AvgIpc) is 3.57. The second kappa shape index (κ2) is 10.1. The van der Waals surface area contributed by atoms with Crippen LogP contribution in [0.15, 0.2) is 164 Å². The lowest BCUT2D eigenvalue weighted by molar-refractivity contribution is 0.794. The van der Waals surface area contributed by atoms with E-state index in [0.29, 0.717) is 5.02 Å². The predicted molar refractivity (Wildman–Crippen MR) is 186 cm³/mol. The summed E-state index contributed by atoms with van der Waals surface area (Å²) in [7, 11) is 0.